The van der Waals surface area contributed by atoms with Gasteiger partial charge >= 0.3 is 0 Å². The average Bonchev–Trinajstić information content (AvgIpc) is 2.72. The van der Waals surface area contributed by atoms with Crippen LogP contribution in [0.4, 0.5) is 0 Å². The number of phenolic OH excluding ortho intramolecular Hbond substituents is 1. The number of unbranched alkanes of at least 4 members (excludes halogenated alkanes) is 2. The zero-order chi connectivity index (χ0) is 20.9. The Labute approximate surface area is 171 Å². The number of amides is 1. The van der Waals surface area contributed by atoms with Gasteiger partial charge in [0, 0.05) is 13.0 Å². The molecule has 1 amide bonds. The third-order valence-electron chi connectivity index (χ3n) is 4.51. The van der Waals surface area contributed by atoms with Crippen molar-refractivity contribution in [1.29, 1.82) is 0 Å². The summed E-state index contributed by atoms with van der Waals surface area (Å²) in [5.41, 5.74) is 2.19. The first-order valence-corrected chi connectivity index (χ1v) is 9.90. The smallest absolute Gasteiger partial charge is 0.257 e. The largest absolute Gasteiger partial charge is 0.504 e. The van der Waals surface area contributed by atoms with E-state index in [1.54, 1.807) is 12.1 Å². The molecule has 0 radical (unpaired) electrons. The number of aryl methyl sites for hydroxylation is 2. The van der Waals surface area contributed by atoms with Crippen LogP contribution in [0.25, 0.3) is 0 Å². The minimum absolute atomic E-state index is 0.0255. The van der Waals surface area contributed by atoms with Gasteiger partial charge in [-0.15, -0.1) is 0 Å². The predicted molar refractivity (Wildman–Crippen MR) is 112 cm³/mol. The van der Waals surface area contributed by atoms with Crippen molar-refractivity contribution in [3.8, 4) is 17.2 Å². The summed E-state index contributed by atoms with van der Waals surface area (Å²) < 4.78 is 10.6. The Balaban J connectivity index is 1.72. The van der Waals surface area contributed by atoms with E-state index in [4.69, 9.17) is 9.47 Å². The van der Waals surface area contributed by atoms with E-state index < -0.39 is 0 Å². The molecule has 0 spiro atoms. The predicted octanol–water partition coefficient (Wildman–Crippen LogP) is 3.44. The second-order valence-electron chi connectivity index (χ2n) is 6.81. The second-order valence-corrected chi connectivity index (χ2v) is 6.81. The highest BCUT2D eigenvalue weighted by Gasteiger charge is 2.05. The molecule has 2 aromatic rings. The molecule has 6 nitrogen and oxygen atoms in total. The Bertz CT molecular complexity index is 791. The number of benzene rings is 2. The Kier molecular flexibility index (Phi) is 9.55. The number of aromatic hydroxyl groups is 1. The summed E-state index contributed by atoms with van der Waals surface area (Å²) in [5.74, 6) is 1.13. The van der Waals surface area contributed by atoms with Crippen LogP contribution < -0.4 is 14.8 Å². The standard InChI is InChI=1S/C23H29NO5/c1-28-22-12-11-19(16-21(22)26)8-5-7-18-9-6-10-20(15-18)29-17-23(27)24-13-3-2-4-14-25/h6,9-12,14-16,26H,2-5,7-8,13,17H2,1H3,(H,24,27). The van der Waals surface area contributed by atoms with Crippen LogP contribution in [0.2, 0.25) is 0 Å². The molecule has 0 atom stereocenters. The molecule has 0 saturated carbocycles. The van der Waals surface area contributed by atoms with Crippen LogP contribution in [0, 0.1) is 0 Å². The van der Waals surface area contributed by atoms with Gasteiger partial charge in [-0.1, -0.05) is 18.2 Å². The quantitative estimate of drug-likeness (QED) is 0.398. The number of hydrogen-bond acceptors (Lipinski definition) is 5. The van der Waals surface area contributed by atoms with E-state index in [9.17, 15) is 14.7 Å². The molecule has 0 aliphatic carbocycles. The fourth-order valence-electron chi connectivity index (χ4n) is 2.96. The SMILES string of the molecule is COc1ccc(CCCc2cccc(OCC(=O)NCCCCC=O)c2)cc1O. The number of aldehydes is 1. The molecule has 29 heavy (non-hydrogen) atoms. The molecule has 2 N–H and O–H groups in total. The first-order chi connectivity index (χ1) is 14.1. The fraction of sp³-hybridized carbons (Fsp3) is 0.391. The molecule has 0 unspecified atom stereocenters. The van der Waals surface area contributed by atoms with Crippen molar-refractivity contribution in [2.45, 2.75) is 38.5 Å². The number of hydrogen-bond donors (Lipinski definition) is 2. The van der Waals surface area contributed by atoms with Gasteiger partial charge in [0.2, 0.25) is 0 Å². The van der Waals surface area contributed by atoms with Gasteiger partial charge in [-0.3, -0.25) is 4.79 Å². The zero-order valence-corrected chi connectivity index (χ0v) is 16.9. The van der Waals surface area contributed by atoms with E-state index in [1.165, 1.54) is 7.11 Å². The first-order valence-electron chi connectivity index (χ1n) is 9.90. The summed E-state index contributed by atoms with van der Waals surface area (Å²) in [4.78, 5) is 22.0. The van der Waals surface area contributed by atoms with Crippen molar-refractivity contribution in [3.05, 3.63) is 53.6 Å². The van der Waals surface area contributed by atoms with Gasteiger partial charge < -0.3 is 24.7 Å². The third-order valence-corrected chi connectivity index (χ3v) is 4.51. The van der Waals surface area contributed by atoms with Crippen LogP contribution in [0.3, 0.4) is 0 Å². The van der Waals surface area contributed by atoms with Gasteiger partial charge in [-0.05, 0) is 67.5 Å². The number of carbonyl (C=O) groups is 2. The fourth-order valence-corrected chi connectivity index (χ4v) is 2.96. The number of nitrogens with one attached hydrogen (secondary N) is 1. The molecule has 2 rings (SSSR count). The van der Waals surface area contributed by atoms with Crippen molar-refractivity contribution in [3.63, 3.8) is 0 Å². The maximum atomic E-state index is 11.8. The molecular formula is C23H29NO5. The summed E-state index contributed by atoms with van der Waals surface area (Å²) in [7, 11) is 1.53. The first kappa shape index (κ1) is 22.3. The van der Waals surface area contributed by atoms with Crippen molar-refractivity contribution < 1.29 is 24.2 Å². The van der Waals surface area contributed by atoms with E-state index in [-0.39, 0.29) is 18.3 Å². The molecule has 6 heteroatoms. The third kappa shape index (κ3) is 8.25. The summed E-state index contributed by atoms with van der Waals surface area (Å²) in [6, 6.07) is 13.2. The molecule has 0 bridgehead atoms. The second kappa shape index (κ2) is 12.4. The van der Waals surface area contributed by atoms with Crippen molar-refractivity contribution in [2.75, 3.05) is 20.3 Å². The Hall–Kier alpha value is -3.02. The number of ether oxygens (including phenoxy) is 2. The van der Waals surface area contributed by atoms with E-state index in [2.05, 4.69) is 5.32 Å². The molecule has 0 aliphatic rings. The van der Waals surface area contributed by atoms with Crippen LogP contribution in [0.15, 0.2) is 42.5 Å². The Morgan fingerprint density at radius 1 is 1.07 bits per heavy atom. The van der Waals surface area contributed by atoms with Crippen LogP contribution >= 0.6 is 0 Å². The highest BCUT2D eigenvalue weighted by molar-refractivity contribution is 5.77. The van der Waals surface area contributed by atoms with E-state index >= 15 is 0 Å². The van der Waals surface area contributed by atoms with Gasteiger partial charge in [0.15, 0.2) is 18.1 Å². The lowest BCUT2D eigenvalue weighted by atomic mass is 10.0. The van der Waals surface area contributed by atoms with Crippen molar-refractivity contribution >= 4 is 12.2 Å². The monoisotopic (exact) mass is 399 g/mol. The highest BCUT2D eigenvalue weighted by Crippen LogP contribution is 2.27. The molecule has 0 fully saturated rings. The highest BCUT2D eigenvalue weighted by atomic mass is 16.5. The topological polar surface area (TPSA) is 84.9 Å². The van der Waals surface area contributed by atoms with Gasteiger partial charge in [0.1, 0.15) is 12.0 Å². The lowest BCUT2D eigenvalue weighted by Gasteiger charge is -2.09. The Morgan fingerprint density at radius 2 is 1.86 bits per heavy atom. The summed E-state index contributed by atoms with van der Waals surface area (Å²) in [6.45, 7) is 0.527. The lowest BCUT2D eigenvalue weighted by molar-refractivity contribution is -0.123. The van der Waals surface area contributed by atoms with Gasteiger partial charge in [0.25, 0.3) is 5.91 Å². The van der Waals surface area contributed by atoms with E-state index in [1.807, 2.05) is 30.3 Å². The van der Waals surface area contributed by atoms with Crippen LogP contribution in [0.1, 0.15) is 36.8 Å². The molecular weight excluding hydrogens is 370 g/mol. The van der Waals surface area contributed by atoms with Crippen LogP contribution in [0.5, 0.6) is 17.2 Å². The minimum atomic E-state index is -0.166. The minimum Gasteiger partial charge on any atom is -0.504 e. The lowest BCUT2D eigenvalue weighted by Crippen LogP contribution is -2.29. The maximum Gasteiger partial charge on any atom is 0.257 e. The molecule has 0 aromatic heterocycles. The van der Waals surface area contributed by atoms with Crippen LogP contribution in [-0.2, 0) is 22.4 Å². The molecule has 0 saturated heterocycles. The summed E-state index contributed by atoms with van der Waals surface area (Å²) >= 11 is 0. The van der Waals surface area contributed by atoms with E-state index in [0.717, 1.165) is 49.5 Å². The van der Waals surface area contributed by atoms with Gasteiger partial charge in [0.05, 0.1) is 7.11 Å². The number of phenols is 1. The zero-order valence-electron chi connectivity index (χ0n) is 16.9. The van der Waals surface area contributed by atoms with Crippen molar-refractivity contribution in [1.82, 2.24) is 5.32 Å². The van der Waals surface area contributed by atoms with Gasteiger partial charge in [-0.25, -0.2) is 0 Å². The number of methoxy groups -OCH3 is 1. The van der Waals surface area contributed by atoms with Gasteiger partial charge in [-0.2, -0.15) is 0 Å². The molecule has 2 aromatic carbocycles. The van der Waals surface area contributed by atoms with Crippen LogP contribution in [-0.4, -0.2) is 37.6 Å². The molecule has 156 valence electrons. The Morgan fingerprint density at radius 3 is 2.59 bits per heavy atom. The van der Waals surface area contributed by atoms with E-state index in [0.29, 0.717) is 24.5 Å². The molecule has 0 aliphatic heterocycles. The van der Waals surface area contributed by atoms with Crippen molar-refractivity contribution in [2.24, 2.45) is 0 Å². The number of carbonyl (C=O) groups excluding carboxylic acids is 2. The molecule has 0 heterocycles. The summed E-state index contributed by atoms with van der Waals surface area (Å²) in [5, 5.41) is 12.6. The normalized spacial score (nSPS) is 10.4. The maximum absolute atomic E-state index is 11.8. The average molecular weight is 399 g/mol. The summed E-state index contributed by atoms with van der Waals surface area (Å²) in [6.07, 6.45) is 5.62. The number of rotatable bonds is 13.